The Morgan fingerprint density at radius 3 is 2.32 bits per heavy atom. The molecule has 0 aliphatic heterocycles. The van der Waals surface area contributed by atoms with Gasteiger partial charge in [-0.2, -0.15) is 0 Å². The molecule has 0 aromatic heterocycles. The second-order valence-corrected chi connectivity index (χ2v) is 5.26. The average Bonchev–Trinajstić information content (AvgIpc) is 2.39. The van der Waals surface area contributed by atoms with Crippen LogP contribution in [-0.2, 0) is 0 Å². The fraction of sp³-hybridized carbons (Fsp3) is 0.625. The minimum absolute atomic E-state index is 0.111. The van der Waals surface area contributed by atoms with Crippen LogP contribution in [0.2, 0.25) is 0 Å². The highest BCUT2D eigenvalue weighted by Gasteiger charge is 2.20. The maximum absolute atomic E-state index is 6.17. The smallest absolute Gasteiger partial charge is 0.118 e. The molecule has 0 aliphatic rings. The normalized spacial score (nSPS) is 14.4. The lowest BCUT2D eigenvalue weighted by molar-refractivity contribution is 0.215. The molecule has 19 heavy (non-hydrogen) atoms. The molecule has 3 heteroatoms. The summed E-state index contributed by atoms with van der Waals surface area (Å²) in [5, 5.41) is 0. The van der Waals surface area contributed by atoms with Gasteiger partial charge in [0.2, 0.25) is 0 Å². The molecule has 0 heterocycles. The van der Waals surface area contributed by atoms with Gasteiger partial charge in [0.15, 0.2) is 0 Å². The first-order chi connectivity index (χ1) is 9.10. The van der Waals surface area contributed by atoms with Crippen LogP contribution < -0.4 is 10.5 Å². The molecule has 1 aromatic carbocycles. The van der Waals surface area contributed by atoms with Crippen LogP contribution in [0.5, 0.6) is 5.75 Å². The summed E-state index contributed by atoms with van der Waals surface area (Å²) in [5.41, 5.74) is 7.43. The lowest BCUT2D eigenvalue weighted by Gasteiger charge is -2.31. The first-order valence-electron chi connectivity index (χ1n) is 7.20. The molecule has 3 nitrogen and oxygen atoms in total. The Labute approximate surface area is 117 Å². The van der Waals surface area contributed by atoms with Crippen LogP contribution in [0.1, 0.15) is 44.7 Å². The fourth-order valence-electron chi connectivity index (χ4n) is 2.51. The van der Waals surface area contributed by atoms with Gasteiger partial charge in [0, 0.05) is 12.1 Å². The minimum atomic E-state index is 0.111. The predicted octanol–water partition coefficient (Wildman–Crippen LogP) is 3.21. The van der Waals surface area contributed by atoms with Crippen molar-refractivity contribution in [1.82, 2.24) is 4.90 Å². The summed E-state index contributed by atoms with van der Waals surface area (Å²) in [4.78, 5) is 2.36. The standard InChI is InChI=1S/C16H28N2O/c1-5-6-7-12-18(3)16(13(2)17)14-8-10-15(19-4)11-9-14/h8-11,13,16H,5-7,12,17H2,1-4H3. The van der Waals surface area contributed by atoms with Gasteiger partial charge in [-0.25, -0.2) is 0 Å². The van der Waals surface area contributed by atoms with Crippen molar-refractivity contribution >= 4 is 0 Å². The minimum Gasteiger partial charge on any atom is -0.497 e. The zero-order valence-corrected chi connectivity index (χ0v) is 12.7. The Morgan fingerprint density at radius 1 is 1.21 bits per heavy atom. The van der Waals surface area contributed by atoms with Crippen molar-refractivity contribution in [2.24, 2.45) is 5.73 Å². The van der Waals surface area contributed by atoms with E-state index in [1.807, 2.05) is 12.1 Å². The highest BCUT2D eigenvalue weighted by atomic mass is 16.5. The molecule has 1 aromatic rings. The monoisotopic (exact) mass is 264 g/mol. The van der Waals surface area contributed by atoms with Crippen molar-refractivity contribution in [3.8, 4) is 5.75 Å². The molecule has 1 rings (SSSR count). The van der Waals surface area contributed by atoms with E-state index in [0.29, 0.717) is 0 Å². The molecule has 2 N–H and O–H groups in total. The van der Waals surface area contributed by atoms with Crippen molar-refractivity contribution in [2.45, 2.75) is 45.2 Å². The van der Waals surface area contributed by atoms with Gasteiger partial charge in [-0.15, -0.1) is 0 Å². The van der Waals surface area contributed by atoms with Gasteiger partial charge in [-0.3, -0.25) is 4.90 Å². The van der Waals surface area contributed by atoms with Gasteiger partial charge in [0.25, 0.3) is 0 Å². The Kier molecular flexibility index (Phi) is 6.89. The maximum atomic E-state index is 6.17. The zero-order chi connectivity index (χ0) is 14.3. The first kappa shape index (κ1) is 16.0. The van der Waals surface area contributed by atoms with E-state index in [2.05, 4.69) is 37.9 Å². The van der Waals surface area contributed by atoms with Gasteiger partial charge < -0.3 is 10.5 Å². The van der Waals surface area contributed by atoms with Crippen LogP contribution >= 0.6 is 0 Å². The number of nitrogens with two attached hydrogens (primary N) is 1. The molecule has 2 atom stereocenters. The molecule has 0 radical (unpaired) electrons. The molecule has 108 valence electrons. The van der Waals surface area contributed by atoms with E-state index >= 15 is 0 Å². The number of benzene rings is 1. The molecule has 0 saturated carbocycles. The third kappa shape index (κ3) is 4.84. The molecule has 0 saturated heterocycles. The number of ether oxygens (including phenoxy) is 1. The fourth-order valence-corrected chi connectivity index (χ4v) is 2.51. The molecule has 0 fully saturated rings. The number of rotatable bonds is 8. The second-order valence-electron chi connectivity index (χ2n) is 5.26. The largest absolute Gasteiger partial charge is 0.497 e. The molecule has 0 aliphatic carbocycles. The Balaban J connectivity index is 2.74. The van der Waals surface area contributed by atoms with Crippen molar-refractivity contribution in [3.05, 3.63) is 29.8 Å². The Morgan fingerprint density at radius 2 is 1.84 bits per heavy atom. The van der Waals surface area contributed by atoms with E-state index in [-0.39, 0.29) is 12.1 Å². The quantitative estimate of drug-likeness (QED) is 0.733. The number of hydrogen-bond donors (Lipinski definition) is 1. The zero-order valence-electron chi connectivity index (χ0n) is 12.7. The van der Waals surface area contributed by atoms with E-state index in [1.54, 1.807) is 7.11 Å². The summed E-state index contributed by atoms with van der Waals surface area (Å²) in [7, 11) is 3.85. The lowest BCUT2D eigenvalue weighted by atomic mass is 9.99. The summed E-state index contributed by atoms with van der Waals surface area (Å²) in [5.74, 6) is 0.890. The number of nitrogens with zero attached hydrogens (tertiary/aromatic N) is 1. The molecule has 0 spiro atoms. The van der Waals surface area contributed by atoms with Crippen LogP contribution in [0.25, 0.3) is 0 Å². The topological polar surface area (TPSA) is 38.5 Å². The molecule has 0 amide bonds. The van der Waals surface area contributed by atoms with E-state index < -0.39 is 0 Å². The van der Waals surface area contributed by atoms with Crippen LogP contribution in [-0.4, -0.2) is 31.6 Å². The van der Waals surface area contributed by atoms with Crippen molar-refractivity contribution in [2.75, 3.05) is 20.7 Å². The maximum Gasteiger partial charge on any atom is 0.118 e. The van der Waals surface area contributed by atoms with Gasteiger partial charge in [-0.05, 0) is 44.6 Å². The van der Waals surface area contributed by atoms with Crippen molar-refractivity contribution in [1.29, 1.82) is 0 Å². The van der Waals surface area contributed by atoms with Gasteiger partial charge in [0.05, 0.1) is 7.11 Å². The van der Waals surface area contributed by atoms with E-state index in [4.69, 9.17) is 10.5 Å². The van der Waals surface area contributed by atoms with Crippen LogP contribution in [0, 0.1) is 0 Å². The van der Waals surface area contributed by atoms with Gasteiger partial charge in [-0.1, -0.05) is 31.9 Å². The average molecular weight is 264 g/mol. The van der Waals surface area contributed by atoms with Crippen LogP contribution in [0.15, 0.2) is 24.3 Å². The Hall–Kier alpha value is -1.06. The van der Waals surface area contributed by atoms with E-state index in [0.717, 1.165) is 12.3 Å². The summed E-state index contributed by atoms with van der Waals surface area (Å²) in [6.07, 6.45) is 3.75. The molecule has 2 unspecified atom stereocenters. The van der Waals surface area contributed by atoms with E-state index in [9.17, 15) is 0 Å². The third-order valence-corrected chi connectivity index (χ3v) is 3.54. The van der Waals surface area contributed by atoms with E-state index in [1.165, 1.54) is 24.8 Å². The number of unbranched alkanes of at least 4 members (excludes halogenated alkanes) is 2. The summed E-state index contributed by atoms with van der Waals surface area (Å²) in [6, 6.07) is 8.62. The second kappa shape index (κ2) is 8.18. The summed E-state index contributed by atoms with van der Waals surface area (Å²) < 4.78 is 5.20. The lowest BCUT2D eigenvalue weighted by Crippen LogP contribution is -2.37. The predicted molar refractivity (Wildman–Crippen MR) is 81.5 cm³/mol. The number of likely N-dealkylation sites (N-methyl/N-ethyl adjacent to an activating group) is 1. The van der Waals surface area contributed by atoms with Crippen LogP contribution in [0.3, 0.4) is 0 Å². The highest BCUT2D eigenvalue weighted by molar-refractivity contribution is 5.29. The van der Waals surface area contributed by atoms with Crippen molar-refractivity contribution in [3.63, 3.8) is 0 Å². The summed E-state index contributed by atoms with van der Waals surface area (Å²) in [6.45, 7) is 5.39. The number of hydrogen-bond acceptors (Lipinski definition) is 3. The van der Waals surface area contributed by atoms with Gasteiger partial charge >= 0.3 is 0 Å². The SMILES string of the molecule is CCCCCN(C)C(c1ccc(OC)cc1)C(C)N. The molecule has 0 bridgehead atoms. The van der Waals surface area contributed by atoms with Crippen molar-refractivity contribution < 1.29 is 4.74 Å². The molecular formula is C16H28N2O. The highest BCUT2D eigenvalue weighted by Crippen LogP contribution is 2.24. The summed E-state index contributed by atoms with van der Waals surface area (Å²) >= 11 is 0. The Bertz CT molecular complexity index is 348. The van der Waals surface area contributed by atoms with Gasteiger partial charge in [0.1, 0.15) is 5.75 Å². The third-order valence-electron chi connectivity index (χ3n) is 3.54. The number of methoxy groups -OCH3 is 1. The first-order valence-corrected chi connectivity index (χ1v) is 7.20. The van der Waals surface area contributed by atoms with Crippen LogP contribution in [0.4, 0.5) is 0 Å². The molecular weight excluding hydrogens is 236 g/mol.